The van der Waals surface area contributed by atoms with Crippen LogP contribution in [0.5, 0.6) is 0 Å². The normalized spacial score (nSPS) is 26.2. The van der Waals surface area contributed by atoms with Crippen molar-refractivity contribution in [2.75, 3.05) is 11.9 Å². The van der Waals surface area contributed by atoms with E-state index in [1.54, 1.807) is 0 Å². The second-order valence-electron chi connectivity index (χ2n) is 5.69. The van der Waals surface area contributed by atoms with E-state index in [1.165, 1.54) is 12.1 Å². The van der Waals surface area contributed by atoms with Crippen LogP contribution in [0.1, 0.15) is 32.6 Å². The zero-order chi connectivity index (χ0) is 14.8. The van der Waals surface area contributed by atoms with E-state index in [-0.39, 0.29) is 16.8 Å². The van der Waals surface area contributed by atoms with Gasteiger partial charge in [0, 0.05) is 18.0 Å². The Morgan fingerprint density at radius 3 is 2.90 bits per heavy atom. The molecule has 20 heavy (non-hydrogen) atoms. The zero-order valence-corrected chi connectivity index (χ0v) is 11.4. The molecule has 0 aromatic heterocycles. The Labute approximate surface area is 117 Å². The maximum Gasteiger partial charge on any atom is 0.272 e. The molecule has 0 heterocycles. The van der Waals surface area contributed by atoms with Gasteiger partial charge in [0.1, 0.15) is 0 Å². The summed E-state index contributed by atoms with van der Waals surface area (Å²) in [4.78, 5) is 9.92. The highest BCUT2D eigenvalue weighted by Gasteiger charge is 2.35. The summed E-state index contributed by atoms with van der Waals surface area (Å²) in [6.07, 6.45) is 3.32. The van der Waals surface area contributed by atoms with Crippen molar-refractivity contribution in [1.29, 1.82) is 0 Å². The lowest BCUT2D eigenvalue weighted by Gasteiger charge is -2.38. The molecule has 0 spiro atoms. The standard InChI is InChI=1S/C14H19FN2O3/c1-14(7-3-2-4-13(14)18)9-16-12-6-5-10(17(19)20)8-11(12)15/h5-6,8,13,16,18H,2-4,7,9H2,1H3. The van der Waals surface area contributed by atoms with Crippen molar-refractivity contribution in [2.45, 2.75) is 38.7 Å². The minimum Gasteiger partial charge on any atom is -0.392 e. The van der Waals surface area contributed by atoms with Crippen LogP contribution in [0.2, 0.25) is 0 Å². The van der Waals surface area contributed by atoms with Gasteiger partial charge in [-0.15, -0.1) is 0 Å². The molecule has 5 nitrogen and oxygen atoms in total. The third kappa shape index (κ3) is 3.07. The average molecular weight is 282 g/mol. The van der Waals surface area contributed by atoms with Crippen LogP contribution in [0.15, 0.2) is 18.2 Å². The van der Waals surface area contributed by atoms with Gasteiger partial charge in [-0.3, -0.25) is 10.1 Å². The number of benzene rings is 1. The van der Waals surface area contributed by atoms with Crippen molar-refractivity contribution < 1.29 is 14.4 Å². The Hall–Kier alpha value is -1.69. The highest BCUT2D eigenvalue weighted by Crippen LogP contribution is 2.36. The fourth-order valence-electron chi connectivity index (χ4n) is 2.65. The molecule has 6 heteroatoms. The minimum atomic E-state index is -0.645. The van der Waals surface area contributed by atoms with Crippen LogP contribution in [0, 0.1) is 21.3 Å². The molecule has 0 bridgehead atoms. The van der Waals surface area contributed by atoms with Gasteiger partial charge >= 0.3 is 0 Å². The first kappa shape index (κ1) is 14.7. The van der Waals surface area contributed by atoms with Crippen LogP contribution in [-0.4, -0.2) is 22.7 Å². The maximum atomic E-state index is 13.8. The number of halogens is 1. The van der Waals surface area contributed by atoms with E-state index in [0.29, 0.717) is 6.54 Å². The predicted octanol–water partition coefficient (Wildman–Crippen LogP) is 3.09. The summed E-state index contributed by atoms with van der Waals surface area (Å²) in [5, 5.41) is 23.6. The zero-order valence-electron chi connectivity index (χ0n) is 11.4. The van der Waals surface area contributed by atoms with Gasteiger partial charge in [-0.2, -0.15) is 0 Å². The summed E-state index contributed by atoms with van der Waals surface area (Å²) in [5.41, 5.74) is -0.321. The highest BCUT2D eigenvalue weighted by atomic mass is 19.1. The molecule has 0 aliphatic heterocycles. The van der Waals surface area contributed by atoms with E-state index < -0.39 is 16.8 Å². The first-order chi connectivity index (χ1) is 9.42. The Morgan fingerprint density at radius 2 is 2.30 bits per heavy atom. The van der Waals surface area contributed by atoms with Gasteiger partial charge in [-0.05, 0) is 18.9 Å². The van der Waals surface area contributed by atoms with Gasteiger partial charge in [0.2, 0.25) is 0 Å². The van der Waals surface area contributed by atoms with E-state index in [9.17, 15) is 19.6 Å². The molecule has 1 saturated carbocycles. The average Bonchev–Trinajstić information content (AvgIpc) is 2.41. The fourth-order valence-corrected chi connectivity index (χ4v) is 2.65. The molecule has 1 aromatic rings. The number of nitrogens with one attached hydrogen (secondary N) is 1. The van der Waals surface area contributed by atoms with Gasteiger partial charge in [0.15, 0.2) is 5.82 Å². The molecule has 2 unspecified atom stereocenters. The molecule has 2 rings (SSSR count). The van der Waals surface area contributed by atoms with Crippen molar-refractivity contribution in [2.24, 2.45) is 5.41 Å². The molecule has 0 radical (unpaired) electrons. The first-order valence-electron chi connectivity index (χ1n) is 6.78. The third-order valence-corrected chi connectivity index (χ3v) is 4.13. The lowest BCUT2D eigenvalue weighted by molar-refractivity contribution is -0.385. The fraction of sp³-hybridized carbons (Fsp3) is 0.571. The largest absolute Gasteiger partial charge is 0.392 e. The smallest absolute Gasteiger partial charge is 0.272 e. The van der Waals surface area contributed by atoms with E-state index in [0.717, 1.165) is 31.7 Å². The molecule has 0 amide bonds. The summed E-state index contributed by atoms with van der Waals surface area (Å²) >= 11 is 0. The van der Waals surface area contributed by atoms with Crippen molar-refractivity contribution in [3.05, 3.63) is 34.1 Å². The minimum absolute atomic E-state index is 0.231. The summed E-state index contributed by atoms with van der Waals surface area (Å²) < 4.78 is 13.8. The topological polar surface area (TPSA) is 75.4 Å². The van der Waals surface area contributed by atoms with Gasteiger partial charge in [-0.1, -0.05) is 19.8 Å². The molecule has 2 N–H and O–H groups in total. The highest BCUT2D eigenvalue weighted by molar-refractivity contribution is 5.50. The molecule has 1 aromatic carbocycles. The van der Waals surface area contributed by atoms with Crippen LogP contribution >= 0.6 is 0 Å². The molecule has 110 valence electrons. The van der Waals surface area contributed by atoms with Crippen LogP contribution in [-0.2, 0) is 0 Å². The SMILES string of the molecule is CC1(CNc2ccc([N+](=O)[O-])cc2F)CCCCC1O. The van der Waals surface area contributed by atoms with E-state index in [1.807, 2.05) is 6.92 Å². The van der Waals surface area contributed by atoms with Crippen LogP contribution in [0.3, 0.4) is 0 Å². The predicted molar refractivity (Wildman–Crippen MR) is 74.1 cm³/mol. The van der Waals surface area contributed by atoms with Crippen LogP contribution in [0.25, 0.3) is 0 Å². The number of nitrogens with zero attached hydrogens (tertiary/aromatic N) is 1. The van der Waals surface area contributed by atoms with Gasteiger partial charge < -0.3 is 10.4 Å². The molecule has 1 aliphatic rings. The lowest BCUT2D eigenvalue weighted by Crippen LogP contribution is -2.41. The molecule has 1 aliphatic carbocycles. The van der Waals surface area contributed by atoms with E-state index in [2.05, 4.69) is 5.32 Å². The van der Waals surface area contributed by atoms with Crippen LogP contribution < -0.4 is 5.32 Å². The number of anilines is 1. The molecule has 2 atom stereocenters. The maximum absolute atomic E-state index is 13.8. The molecule has 0 saturated heterocycles. The van der Waals surface area contributed by atoms with Crippen LogP contribution in [0.4, 0.5) is 15.8 Å². The van der Waals surface area contributed by atoms with Crippen molar-refractivity contribution in [3.8, 4) is 0 Å². The van der Waals surface area contributed by atoms with Crippen molar-refractivity contribution >= 4 is 11.4 Å². The second kappa shape index (κ2) is 5.75. The van der Waals surface area contributed by atoms with E-state index in [4.69, 9.17) is 0 Å². The number of hydrogen-bond acceptors (Lipinski definition) is 4. The van der Waals surface area contributed by atoms with E-state index >= 15 is 0 Å². The Kier molecular flexibility index (Phi) is 4.23. The number of aliphatic hydroxyl groups excluding tert-OH is 1. The lowest BCUT2D eigenvalue weighted by atomic mass is 9.73. The summed E-state index contributed by atoms with van der Waals surface area (Å²) in [6, 6.07) is 3.54. The molecular weight excluding hydrogens is 263 g/mol. The van der Waals surface area contributed by atoms with Crippen molar-refractivity contribution in [1.82, 2.24) is 0 Å². The number of nitro groups is 1. The van der Waals surface area contributed by atoms with Gasteiger partial charge in [0.05, 0.1) is 22.8 Å². The number of nitro benzene ring substituents is 1. The number of aliphatic hydroxyl groups is 1. The monoisotopic (exact) mass is 282 g/mol. The Bertz CT molecular complexity index is 509. The summed E-state index contributed by atoms with van der Waals surface area (Å²) in [6.45, 7) is 2.43. The summed E-state index contributed by atoms with van der Waals surface area (Å²) in [7, 11) is 0. The Balaban J connectivity index is 2.05. The molecular formula is C14H19FN2O3. The van der Waals surface area contributed by atoms with Gasteiger partial charge in [0.25, 0.3) is 5.69 Å². The third-order valence-electron chi connectivity index (χ3n) is 4.13. The number of non-ortho nitro benzene ring substituents is 1. The summed E-state index contributed by atoms with van der Waals surface area (Å²) in [5.74, 6) is -0.645. The quantitative estimate of drug-likeness (QED) is 0.657. The van der Waals surface area contributed by atoms with Crippen molar-refractivity contribution in [3.63, 3.8) is 0 Å². The number of hydrogen-bond donors (Lipinski definition) is 2. The number of rotatable bonds is 4. The Morgan fingerprint density at radius 1 is 1.55 bits per heavy atom. The second-order valence-corrected chi connectivity index (χ2v) is 5.69. The first-order valence-corrected chi connectivity index (χ1v) is 6.78. The van der Waals surface area contributed by atoms with Gasteiger partial charge in [-0.25, -0.2) is 4.39 Å². The molecule has 1 fully saturated rings.